The number of halogens is 3. The van der Waals surface area contributed by atoms with E-state index in [-0.39, 0.29) is 0 Å². The van der Waals surface area contributed by atoms with E-state index in [0.29, 0.717) is 34.4 Å². The summed E-state index contributed by atoms with van der Waals surface area (Å²) in [5, 5.41) is 0.622. The second kappa shape index (κ2) is 7.59. The zero-order chi connectivity index (χ0) is 20.6. The maximum absolute atomic E-state index is 13.1. The van der Waals surface area contributed by atoms with Crippen molar-refractivity contribution in [2.75, 3.05) is 0 Å². The topological polar surface area (TPSA) is 43.9 Å². The van der Waals surface area contributed by atoms with E-state index in [1.165, 1.54) is 17.8 Å². The van der Waals surface area contributed by atoms with Gasteiger partial charge in [-0.1, -0.05) is 42.1 Å². The predicted molar refractivity (Wildman–Crippen MR) is 106 cm³/mol. The number of hydrogen-bond acceptors (Lipinski definition) is 4. The summed E-state index contributed by atoms with van der Waals surface area (Å²) in [7, 11) is 0. The fourth-order valence-corrected chi connectivity index (χ4v) is 3.90. The molecule has 29 heavy (non-hydrogen) atoms. The van der Waals surface area contributed by atoms with Crippen LogP contribution in [0.4, 0.5) is 13.2 Å². The van der Waals surface area contributed by atoms with Crippen molar-refractivity contribution >= 4 is 22.8 Å². The lowest BCUT2D eigenvalue weighted by Gasteiger charge is -2.09. The summed E-state index contributed by atoms with van der Waals surface area (Å²) >= 11 is 1.39. The molecule has 0 bridgehead atoms. The Kier molecular flexibility index (Phi) is 5.12. The molecule has 0 spiro atoms. The van der Waals surface area contributed by atoms with E-state index in [9.17, 15) is 13.2 Å². The molecular weight excluding hydrogens is 399 g/mol. The van der Waals surface area contributed by atoms with Crippen molar-refractivity contribution in [3.63, 3.8) is 0 Å². The third-order valence-electron chi connectivity index (χ3n) is 4.62. The number of alkyl halides is 3. The van der Waals surface area contributed by atoms with Crippen LogP contribution in [0.3, 0.4) is 0 Å². The molecule has 0 radical (unpaired) electrons. The van der Waals surface area contributed by atoms with Gasteiger partial charge in [-0.15, -0.1) is 0 Å². The molecule has 0 saturated heterocycles. The van der Waals surface area contributed by atoms with Crippen LogP contribution in [-0.2, 0) is 18.5 Å². The molecule has 2 heterocycles. The summed E-state index contributed by atoms with van der Waals surface area (Å²) < 4.78 is 46.9. The Bertz CT molecular complexity index is 1130. The van der Waals surface area contributed by atoms with Crippen LogP contribution in [0.2, 0.25) is 0 Å². The van der Waals surface area contributed by atoms with Crippen LogP contribution < -0.4 is 0 Å². The molecule has 4 nitrogen and oxygen atoms in total. The van der Waals surface area contributed by atoms with Gasteiger partial charge in [0.05, 0.1) is 34.6 Å². The SMILES string of the molecule is Cc1nc(CSc2nc3cc(C(F)(F)F)ccc3n2Cc2ccccc2)oc1C. The number of hydrogen-bond donors (Lipinski definition) is 0. The zero-order valence-corrected chi connectivity index (χ0v) is 16.6. The quantitative estimate of drug-likeness (QED) is 0.374. The molecule has 0 aliphatic rings. The van der Waals surface area contributed by atoms with E-state index in [2.05, 4.69) is 9.97 Å². The van der Waals surface area contributed by atoms with Crippen LogP contribution >= 0.6 is 11.8 Å². The van der Waals surface area contributed by atoms with Crippen molar-refractivity contribution < 1.29 is 17.6 Å². The van der Waals surface area contributed by atoms with Crippen LogP contribution in [0.5, 0.6) is 0 Å². The maximum Gasteiger partial charge on any atom is 0.416 e. The van der Waals surface area contributed by atoms with Crippen molar-refractivity contribution in [2.24, 2.45) is 0 Å². The number of benzene rings is 2. The van der Waals surface area contributed by atoms with E-state index in [0.717, 1.165) is 29.2 Å². The van der Waals surface area contributed by atoms with Crippen molar-refractivity contribution in [3.8, 4) is 0 Å². The van der Waals surface area contributed by atoms with Gasteiger partial charge in [0.25, 0.3) is 0 Å². The summed E-state index contributed by atoms with van der Waals surface area (Å²) in [6.45, 7) is 4.23. The van der Waals surface area contributed by atoms with Crippen LogP contribution in [-0.4, -0.2) is 14.5 Å². The van der Waals surface area contributed by atoms with Crippen LogP contribution in [0.1, 0.15) is 28.5 Å². The first-order valence-electron chi connectivity index (χ1n) is 8.98. The Morgan fingerprint density at radius 1 is 1.03 bits per heavy atom. The van der Waals surface area contributed by atoms with Crippen molar-refractivity contribution in [1.82, 2.24) is 14.5 Å². The lowest BCUT2D eigenvalue weighted by molar-refractivity contribution is -0.137. The number of nitrogens with zero attached hydrogens (tertiary/aromatic N) is 3. The molecule has 2 aromatic heterocycles. The molecule has 8 heteroatoms. The molecule has 4 rings (SSSR count). The van der Waals surface area contributed by atoms with Gasteiger partial charge in [0.15, 0.2) is 5.16 Å². The third-order valence-corrected chi connectivity index (χ3v) is 5.58. The van der Waals surface area contributed by atoms with Crippen LogP contribution in [0.25, 0.3) is 11.0 Å². The number of rotatable bonds is 5. The smallest absolute Gasteiger partial charge is 0.416 e. The molecule has 0 aliphatic carbocycles. The van der Waals surface area contributed by atoms with Crippen molar-refractivity contribution in [1.29, 1.82) is 0 Å². The molecule has 0 saturated carbocycles. The minimum atomic E-state index is -4.40. The molecule has 2 aromatic carbocycles. The van der Waals surface area contributed by atoms with Crippen LogP contribution in [0.15, 0.2) is 58.1 Å². The number of oxazole rings is 1. The minimum absolute atomic E-state index is 0.318. The molecule has 0 N–H and O–H groups in total. The molecule has 0 unspecified atom stereocenters. The summed E-state index contributed by atoms with van der Waals surface area (Å²) in [5.74, 6) is 1.77. The van der Waals surface area contributed by atoms with Gasteiger partial charge >= 0.3 is 6.18 Å². The number of thioether (sulfide) groups is 1. The number of imidazole rings is 1. The van der Waals surface area contributed by atoms with E-state index in [1.807, 2.05) is 48.7 Å². The van der Waals surface area contributed by atoms with Gasteiger partial charge in [-0.25, -0.2) is 9.97 Å². The Morgan fingerprint density at radius 3 is 2.45 bits per heavy atom. The normalized spacial score (nSPS) is 12.0. The first-order valence-corrected chi connectivity index (χ1v) is 9.97. The van der Waals surface area contributed by atoms with E-state index in [4.69, 9.17) is 4.42 Å². The second-order valence-corrected chi connectivity index (χ2v) is 7.65. The monoisotopic (exact) mass is 417 g/mol. The molecule has 0 amide bonds. The molecule has 0 fully saturated rings. The molecule has 0 aliphatic heterocycles. The van der Waals surface area contributed by atoms with Gasteiger partial charge in [-0.3, -0.25) is 0 Å². The van der Waals surface area contributed by atoms with Gasteiger partial charge in [0, 0.05) is 0 Å². The van der Waals surface area contributed by atoms with E-state index in [1.54, 1.807) is 0 Å². The van der Waals surface area contributed by atoms with Gasteiger partial charge in [-0.05, 0) is 37.6 Å². The maximum atomic E-state index is 13.1. The Balaban J connectivity index is 1.72. The summed E-state index contributed by atoms with van der Waals surface area (Å²) in [6, 6.07) is 13.4. The van der Waals surface area contributed by atoms with Crippen LogP contribution in [0, 0.1) is 13.8 Å². The van der Waals surface area contributed by atoms with Gasteiger partial charge < -0.3 is 8.98 Å². The van der Waals surface area contributed by atoms with Gasteiger partial charge in [0.1, 0.15) is 5.76 Å². The minimum Gasteiger partial charge on any atom is -0.445 e. The van der Waals surface area contributed by atoms with Gasteiger partial charge in [-0.2, -0.15) is 13.2 Å². The fraction of sp³-hybridized carbons (Fsp3) is 0.238. The third kappa shape index (κ3) is 4.17. The first-order chi connectivity index (χ1) is 13.8. The Labute approximate surface area is 169 Å². The highest BCUT2D eigenvalue weighted by Crippen LogP contribution is 2.34. The lowest BCUT2D eigenvalue weighted by atomic mass is 10.2. The Hall–Kier alpha value is -2.74. The van der Waals surface area contributed by atoms with E-state index < -0.39 is 11.7 Å². The Morgan fingerprint density at radius 2 is 1.79 bits per heavy atom. The zero-order valence-electron chi connectivity index (χ0n) is 15.8. The standard InChI is InChI=1S/C21H18F3N3OS/c1-13-14(2)28-19(25-13)12-29-20-26-17-10-16(21(22,23)24)8-9-18(17)27(20)11-15-6-4-3-5-7-15/h3-10H,11-12H2,1-2H3. The largest absolute Gasteiger partial charge is 0.445 e. The average Bonchev–Trinajstić information content (AvgIpc) is 3.19. The molecule has 4 aromatic rings. The summed E-state index contributed by atoms with van der Waals surface area (Å²) in [5.41, 5.74) is 2.14. The molecule has 0 atom stereocenters. The number of aryl methyl sites for hydroxylation is 2. The average molecular weight is 417 g/mol. The van der Waals surface area contributed by atoms with Gasteiger partial charge in [0.2, 0.25) is 5.89 Å². The highest BCUT2D eigenvalue weighted by atomic mass is 32.2. The highest BCUT2D eigenvalue weighted by molar-refractivity contribution is 7.98. The second-order valence-electron chi connectivity index (χ2n) is 6.71. The predicted octanol–water partition coefficient (Wildman–Crippen LogP) is 6.00. The lowest BCUT2D eigenvalue weighted by Crippen LogP contribution is -2.05. The molecule has 150 valence electrons. The molecular formula is C21H18F3N3OS. The highest BCUT2D eigenvalue weighted by Gasteiger charge is 2.31. The van der Waals surface area contributed by atoms with Crippen molar-refractivity contribution in [2.45, 2.75) is 37.5 Å². The van der Waals surface area contributed by atoms with E-state index >= 15 is 0 Å². The first kappa shape index (κ1) is 19.6. The summed E-state index contributed by atoms with van der Waals surface area (Å²) in [4.78, 5) is 8.85. The number of aromatic nitrogens is 3. The fourth-order valence-electron chi connectivity index (χ4n) is 3.04. The van der Waals surface area contributed by atoms with Crippen molar-refractivity contribution in [3.05, 3.63) is 77.0 Å². The summed E-state index contributed by atoms with van der Waals surface area (Å²) in [6.07, 6.45) is -4.40. The number of fused-ring (bicyclic) bond motifs is 1.